The molecule has 0 fully saturated rings. The van der Waals surface area contributed by atoms with Gasteiger partial charge < -0.3 is 15.2 Å². The highest BCUT2D eigenvalue weighted by atomic mass is 35.5. The van der Waals surface area contributed by atoms with E-state index < -0.39 is 0 Å². The SMILES string of the molecule is CC(N)Cc1cc2cc3c(cc2nc1Cl)OCCO3. The molecule has 0 amide bonds. The van der Waals surface area contributed by atoms with Crippen molar-refractivity contribution in [1.82, 2.24) is 4.98 Å². The van der Waals surface area contributed by atoms with Gasteiger partial charge in [-0.2, -0.15) is 0 Å². The van der Waals surface area contributed by atoms with Crippen molar-refractivity contribution in [1.29, 1.82) is 0 Å². The molecule has 0 aliphatic carbocycles. The quantitative estimate of drug-likeness (QED) is 0.858. The van der Waals surface area contributed by atoms with Gasteiger partial charge in [0, 0.05) is 17.5 Å². The minimum atomic E-state index is 0.0500. The highest BCUT2D eigenvalue weighted by Crippen LogP contribution is 2.35. The lowest BCUT2D eigenvalue weighted by molar-refractivity contribution is 0.172. The van der Waals surface area contributed by atoms with Gasteiger partial charge in [-0.1, -0.05) is 11.6 Å². The number of halogens is 1. The third kappa shape index (κ3) is 2.46. The van der Waals surface area contributed by atoms with E-state index in [0.29, 0.717) is 24.8 Å². The van der Waals surface area contributed by atoms with Crippen LogP contribution >= 0.6 is 11.6 Å². The van der Waals surface area contributed by atoms with Crippen molar-refractivity contribution >= 4 is 22.5 Å². The molecular weight excluding hydrogens is 264 g/mol. The van der Waals surface area contributed by atoms with Crippen LogP contribution in [0.2, 0.25) is 5.15 Å². The lowest BCUT2D eigenvalue weighted by atomic mass is 10.1. The van der Waals surface area contributed by atoms with Crippen LogP contribution < -0.4 is 15.2 Å². The topological polar surface area (TPSA) is 57.4 Å². The molecule has 3 rings (SSSR count). The van der Waals surface area contributed by atoms with Crippen LogP contribution in [0.15, 0.2) is 18.2 Å². The van der Waals surface area contributed by atoms with Crippen molar-refractivity contribution in [2.24, 2.45) is 5.73 Å². The fourth-order valence-corrected chi connectivity index (χ4v) is 2.44. The number of benzene rings is 1. The molecule has 2 N–H and O–H groups in total. The van der Waals surface area contributed by atoms with E-state index in [1.165, 1.54) is 0 Å². The fourth-order valence-electron chi connectivity index (χ4n) is 2.22. The molecule has 2 heterocycles. The molecule has 1 aromatic carbocycles. The zero-order chi connectivity index (χ0) is 13.4. The lowest BCUT2D eigenvalue weighted by Gasteiger charge is -2.19. The Hall–Kier alpha value is -1.52. The zero-order valence-corrected chi connectivity index (χ0v) is 11.4. The first-order valence-electron chi connectivity index (χ1n) is 6.28. The average Bonchev–Trinajstić information content (AvgIpc) is 2.37. The summed E-state index contributed by atoms with van der Waals surface area (Å²) in [6, 6.07) is 5.88. The standard InChI is InChI=1S/C14H15ClN2O2/c1-8(16)4-10-5-9-6-12-13(19-3-2-18-12)7-11(9)17-14(10)15/h5-8H,2-4,16H2,1H3. The molecule has 1 aliphatic rings. The Bertz CT molecular complexity index is 628. The molecule has 1 aliphatic heterocycles. The molecule has 0 radical (unpaired) electrons. The fraction of sp³-hybridized carbons (Fsp3) is 0.357. The van der Waals surface area contributed by atoms with E-state index in [1.54, 1.807) is 0 Å². The Balaban J connectivity index is 2.11. The van der Waals surface area contributed by atoms with E-state index in [-0.39, 0.29) is 6.04 Å². The Morgan fingerprint density at radius 2 is 1.95 bits per heavy atom. The molecule has 0 saturated heterocycles. The molecule has 0 spiro atoms. The van der Waals surface area contributed by atoms with Crippen molar-refractivity contribution in [3.05, 3.63) is 28.9 Å². The van der Waals surface area contributed by atoms with Crippen LogP contribution in [0.3, 0.4) is 0 Å². The molecule has 19 heavy (non-hydrogen) atoms. The number of fused-ring (bicyclic) bond motifs is 2. The van der Waals surface area contributed by atoms with Crippen LogP contribution in [0, 0.1) is 0 Å². The molecular formula is C14H15ClN2O2. The highest BCUT2D eigenvalue weighted by Gasteiger charge is 2.15. The number of pyridine rings is 1. The van der Waals surface area contributed by atoms with Crippen molar-refractivity contribution in [2.75, 3.05) is 13.2 Å². The molecule has 1 atom stereocenters. The lowest BCUT2D eigenvalue weighted by Crippen LogP contribution is -2.18. The van der Waals surface area contributed by atoms with Gasteiger partial charge in [-0.3, -0.25) is 0 Å². The largest absolute Gasteiger partial charge is 0.486 e. The summed E-state index contributed by atoms with van der Waals surface area (Å²) in [5.74, 6) is 1.48. The van der Waals surface area contributed by atoms with Crippen molar-refractivity contribution in [3.8, 4) is 11.5 Å². The third-order valence-corrected chi connectivity index (χ3v) is 3.37. The van der Waals surface area contributed by atoms with Crippen LogP contribution in [-0.4, -0.2) is 24.2 Å². The maximum Gasteiger partial charge on any atom is 0.163 e. The number of nitrogens with two attached hydrogens (primary N) is 1. The van der Waals surface area contributed by atoms with E-state index in [4.69, 9.17) is 26.8 Å². The van der Waals surface area contributed by atoms with E-state index in [9.17, 15) is 0 Å². The van der Waals surface area contributed by atoms with Gasteiger partial charge in [-0.15, -0.1) is 0 Å². The maximum atomic E-state index is 6.19. The summed E-state index contributed by atoms with van der Waals surface area (Å²) in [7, 11) is 0. The molecule has 4 nitrogen and oxygen atoms in total. The van der Waals surface area contributed by atoms with Crippen molar-refractivity contribution in [2.45, 2.75) is 19.4 Å². The van der Waals surface area contributed by atoms with Crippen molar-refractivity contribution in [3.63, 3.8) is 0 Å². The minimum Gasteiger partial charge on any atom is -0.486 e. The van der Waals surface area contributed by atoms with Gasteiger partial charge in [-0.25, -0.2) is 4.98 Å². The number of hydrogen-bond acceptors (Lipinski definition) is 4. The summed E-state index contributed by atoms with van der Waals surface area (Å²) in [5.41, 5.74) is 7.58. The normalized spacial score (nSPS) is 15.5. The van der Waals surface area contributed by atoms with Gasteiger partial charge in [0.15, 0.2) is 11.5 Å². The predicted molar refractivity (Wildman–Crippen MR) is 75.1 cm³/mol. The number of nitrogens with zero attached hydrogens (tertiary/aromatic N) is 1. The molecule has 1 unspecified atom stereocenters. The summed E-state index contributed by atoms with van der Waals surface area (Å²) in [4.78, 5) is 4.41. The van der Waals surface area contributed by atoms with Crippen LogP contribution in [-0.2, 0) is 6.42 Å². The molecule has 0 saturated carbocycles. The Morgan fingerprint density at radius 3 is 2.63 bits per heavy atom. The van der Waals surface area contributed by atoms with E-state index in [1.807, 2.05) is 25.1 Å². The second-order valence-corrected chi connectivity index (χ2v) is 5.17. The first-order chi connectivity index (χ1) is 9.13. The van der Waals surface area contributed by atoms with Gasteiger partial charge >= 0.3 is 0 Å². The van der Waals surface area contributed by atoms with Crippen LogP contribution in [0.4, 0.5) is 0 Å². The van der Waals surface area contributed by atoms with E-state index in [2.05, 4.69) is 4.98 Å². The van der Waals surface area contributed by atoms with Crippen LogP contribution in [0.25, 0.3) is 10.9 Å². The Labute approximate surface area is 116 Å². The number of aromatic nitrogens is 1. The first kappa shape index (κ1) is 12.5. The highest BCUT2D eigenvalue weighted by molar-refractivity contribution is 6.30. The summed E-state index contributed by atoms with van der Waals surface area (Å²) in [6.07, 6.45) is 0.705. The molecule has 2 aromatic rings. The molecule has 100 valence electrons. The van der Waals surface area contributed by atoms with Crippen LogP contribution in [0.5, 0.6) is 11.5 Å². The summed E-state index contributed by atoms with van der Waals surface area (Å²) >= 11 is 6.19. The van der Waals surface area contributed by atoms with Gasteiger partial charge in [0.2, 0.25) is 0 Å². The summed E-state index contributed by atoms with van der Waals surface area (Å²) < 4.78 is 11.1. The first-order valence-corrected chi connectivity index (χ1v) is 6.65. The Kier molecular flexibility index (Phi) is 3.21. The number of ether oxygens (including phenoxy) is 2. The zero-order valence-electron chi connectivity index (χ0n) is 10.6. The second-order valence-electron chi connectivity index (χ2n) is 4.81. The smallest absolute Gasteiger partial charge is 0.163 e. The third-order valence-electron chi connectivity index (χ3n) is 3.05. The molecule has 5 heteroatoms. The van der Waals surface area contributed by atoms with Gasteiger partial charge in [0.1, 0.15) is 18.4 Å². The van der Waals surface area contributed by atoms with Crippen molar-refractivity contribution < 1.29 is 9.47 Å². The summed E-state index contributed by atoms with van der Waals surface area (Å²) in [6.45, 7) is 3.09. The second kappa shape index (κ2) is 4.87. The number of rotatable bonds is 2. The maximum absolute atomic E-state index is 6.19. The van der Waals surface area contributed by atoms with Gasteiger partial charge in [0.25, 0.3) is 0 Å². The average molecular weight is 279 g/mol. The van der Waals surface area contributed by atoms with E-state index >= 15 is 0 Å². The van der Waals surface area contributed by atoms with Gasteiger partial charge in [-0.05, 0) is 31.0 Å². The monoisotopic (exact) mass is 278 g/mol. The molecule has 1 aromatic heterocycles. The molecule has 0 bridgehead atoms. The van der Waals surface area contributed by atoms with Gasteiger partial charge in [0.05, 0.1) is 5.52 Å². The predicted octanol–water partition coefficient (Wildman–Crippen LogP) is 2.55. The minimum absolute atomic E-state index is 0.0500. The Morgan fingerprint density at radius 1 is 1.26 bits per heavy atom. The number of hydrogen-bond donors (Lipinski definition) is 1. The van der Waals surface area contributed by atoms with Crippen LogP contribution in [0.1, 0.15) is 12.5 Å². The van der Waals surface area contributed by atoms with E-state index in [0.717, 1.165) is 28.0 Å². The summed E-state index contributed by atoms with van der Waals surface area (Å²) in [5, 5.41) is 1.49.